The zero-order valence-electron chi connectivity index (χ0n) is 14.5. The highest BCUT2D eigenvalue weighted by atomic mass is 16.2. The van der Waals surface area contributed by atoms with Crippen LogP contribution < -0.4 is 5.32 Å². The molecule has 0 heterocycles. The fraction of sp³-hybridized carbons (Fsp3) is 0.579. The summed E-state index contributed by atoms with van der Waals surface area (Å²) in [5.74, 6) is 0.794. The Labute approximate surface area is 139 Å². The zero-order valence-corrected chi connectivity index (χ0v) is 14.5. The Balaban J connectivity index is 1.76. The molecule has 1 saturated carbocycles. The van der Waals surface area contributed by atoms with E-state index in [0.29, 0.717) is 24.6 Å². The molecule has 0 saturated heterocycles. The highest BCUT2D eigenvalue weighted by molar-refractivity contribution is 5.95. The van der Waals surface area contributed by atoms with Crippen molar-refractivity contribution >= 4 is 11.8 Å². The van der Waals surface area contributed by atoms with Crippen molar-refractivity contribution in [3.63, 3.8) is 0 Å². The summed E-state index contributed by atoms with van der Waals surface area (Å²) in [6.07, 6.45) is 4.96. The van der Waals surface area contributed by atoms with Crippen LogP contribution in [0.25, 0.3) is 0 Å². The van der Waals surface area contributed by atoms with E-state index in [1.165, 1.54) is 12.8 Å². The first-order valence-corrected chi connectivity index (χ1v) is 8.58. The zero-order chi connectivity index (χ0) is 16.8. The van der Waals surface area contributed by atoms with Gasteiger partial charge in [0.2, 0.25) is 5.91 Å². The summed E-state index contributed by atoms with van der Waals surface area (Å²) in [7, 11) is 1.89. The second-order valence-corrected chi connectivity index (χ2v) is 6.74. The predicted octanol–water partition coefficient (Wildman–Crippen LogP) is 3.15. The van der Waals surface area contributed by atoms with Crippen LogP contribution in [-0.4, -0.2) is 36.3 Å². The van der Waals surface area contributed by atoms with Crippen molar-refractivity contribution in [2.24, 2.45) is 5.92 Å². The fourth-order valence-corrected chi connectivity index (χ4v) is 3.22. The molecule has 4 heteroatoms. The molecular weight excluding hydrogens is 288 g/mol. The molecule has 0 spiro atoms. The van der Waals surface area contributed by atoms with E-state index in [4.69, 9.17) is 0 Å². The number of carbonyl (C=O) groups is 2. The molecule has 23 heavy (non-hydrogen) atoms. The number of aryl methyl sites for hydroxylation is 1. The van der Waals surface area contributed by atoms with Crippen molar-refractivity contribution in [3.8, 4) is 0 Å². The van der Waals surface area contributed by atoms with E-state index in [1.54, 1.807) is 0 Å². The smallest absolute Gasteiger partial charge is 0.251 e. The van der Waals surface area contributed by atoms with Gasteiger partial charge in [-0.3, -0.25) is 9.59 Å². The normalized spacial score (nSPS) is 20.8. The molecule has 0 unspecified atom stereocenters. The molecule has 0 aliphatic heterocycles. The Bertz CT molecular complexity index is 548. The topological polar surface area (TPSA) is 49.4 Å². The molecule has 1 fully saturated rings. The van der Waals surface area contributed by atoms with Crippen LogP contribution >= 0.6 is 0 Å². The third-order valence-electron chi connectivity index (χ3n) is 4.94. The lowest BCUT2D eigenvalue weighted by Gasteiger charge is -2.33. The Morgan fingerprint density at radius 1 is 1.17 bits per heavy atom. The van der Waals surface area contributed by atoms with Crippen LogP contribution in [0.5, 0.6) is 0 Å². The van der Waals surface area contributed by atoms with E-state index in [2.05, 4.69) is 12.2 Å². The molecular formula is C19H28N2O2. The molecule has 0 radical (unpaired) electrons. The van der Waals surface area contributed by atoms with Crippen molar-refractivity contribution < 1.29 is 9.59 Å². The minimum atomic E-state index is -0.106. The molecule has 1 N–H and O–H groups in total. The van der Waals surface area contributed by atoms with E-state index >= 15 is 0 Å². The summed E-state index contributed by atoms with van der Waals surface area (Å²) in [6, 6.07) is 7.85. The standard InChI is InChI=1S/C19H28N2O2/c1-14-8-10-16(11-9-14)21(3)18(22)12-13-20-19(23)17-7-5-4-6-15(17)2/h4-7,14,16H,8-13H2,1-3H3,(H,20,23). The van der Waals surface area contributed by atoms with E-state index in [-0.39, 0.29) is 11.8 Å². The number of rotatable bonds is 5. The van der Waals surface area contributed by atoms with E-state index < -0.39 is 0 Å². The highest BCUT2D eigenvalue weighted by Gasteiger charge is 2.24. The van der Waals surface area contributed by atoms with Crippen LogP contribution in [0.2, 0.25) is 0 Å². The van der Waals surface area contributed by atoms with Gasteiger partial charge in [0.05, 0.1) is 0 Å². The van der Waals surface area contributed by atoms with Gasteiger partial charge in [-0.05, 0) is 50.2 Å². The molecule has 2 rings (SSSR count). The Morgan fingerprint density at radius 2 is 1.83 bits per heavy atom. The largest absolute Gasteiger partial charge is 0.352 e. The highest BCUT2D eigenvalue weighted by Crippen LogP contribution is 2.26. The van der Waals surface area contributed by atoms with Crippen molar-refractivity contribution in [1.82, 2.24) is 10.2 Å². The average molecular weight is 316 g/mol. The fourth-order valence-electron chi connectivity index (χ4n) is 3.22. The van der Waals surface area contributed by atoms with Gasteiger partial charge < -0.3 is 10.2 Å². The minimum absolute atomic E-state index is 0.106. The summed E-state index contributed by atoms with van der Waals surface area (Å²) in [5.41, 5.74) is 1.62. The number of nitrogens with one attached hydrogen (secondary N) is 1. The van der Waals surface area contributed by atoms with Crippen molar-refractivity contribution in [2.75, 3.05) is 13.6 Å². The van der Waals surface area contributed by atoms with Gasteiger partial charge in [-0.2, -0.15) is 0 Å². The summed E-state index contributed by atoms with van der Waals surface area (Å²) in [6.45, 7) is 4.58. The molecule has 2 amide bonds. The van der Waals surface area contributed by atoms with Crippen LogP contribution in [0, 0.1) is 12.8 Å². The third-order valence-corrected chi connectivity index (χ3v) is 4.94. The van der Waals surface area contributed by atoms with Gasteiger partial charge in [0.15, 0.2) is 0 Å². The van der Waals surface area contributed by atoms with Gasteiger partial charge in [-0.15, -0.1) is 0 Å². The maximum absolute atomic E-state index is 12.3. The Hall–Kier alpha value is -1.84. The molecule has 0 bridgehead atoms. The maximum Gasteiger partial charge on any atom is 0.251 e. The van der Waals surface area contributed by atoms with E-state index in [0.717, 1.165) is 24.3 Å². The van der Waals surface area contributed by atoms with Crippen molar-refractivity contribution in [1.29, 1.82) is 0 Å². The average Bonchev–Trinajstić information content (AvgIpc) is 2.55. The molecule has 1 aliphatic carbocycles. The van der Waals surface area contributed by atoms with Crippen molar-refractivity contribution in [3.05, 3.63) is 35.4 Å². The second kappa shape index (κ2) is 8.14. The van der Waals surface area contributed by atoms with Gasteiger partial charge >= 0.3 is 0 Å². The van der Waals surface area contributed by atoms with Crippen molar-refractivity contribution in [2.45, 2.75) is 52.0 Å². The van der Waals surface area contributed by atoms with Crippen LogP contribution in [0.1, 0.15) is 54.9 Å². The van der Waals surface area contributed by atoms with Gasteiger partial charge in [0, 0.05) is 31.6 Å². The molecule has 1 aromatic rings. The second-order valence-electron chi connectivity index (χ2n) is 6.74. The summed E-state index contributed by atoms with van der Waals surface area (Å²) in [4.78, 5) is 26.3. The number of hydrogen-bond acceptors (Lipinski definition) is 2. The molecule has 4 nitrogen and oxygen atoms in total. The predicted molar refractivity (Wildman–Crippen MR) is 92.3 cm³/mol. The minimum Gasteiger partial charge on any atom is -0.352 e. The van der Waals surface area contributed by atoms with Crippen LogP contribution in [-0.2, 0) is 4.79 Å². The van der Waals surface area contributed by atoms with E-state index in [1.807, 2.05) is 43.1 Å². The van der Waals surface area contributed by atoms with Gasteiger partial charge in [-0.25, -0.2) is 0 Å². The van der Waals surface area contributed by atoms with E-state index in [9.17, 15) is 9.59 Å². The van der Waals surface area contributed by atoms with Crippen LogP contribution in [0.15, 0.2) is 24.3 Å². The van der Waals surface area contributed by atoms with Crippen LogP contribution in [0.3, 0.4) is 0 Å². The SMILES string of the molecule is Cc1ccccc1C(=O)NCCC(=O)N(C)C1CCC(C)CC1. The summed E-state index contributed by atoms with van der Waals surface area (Å²) in [5, 5.41) is 2.85. The number of benzene rings is 1. The van der Waals surface area contributed by atoms with Crippen LogP contribution in [0.4, 0.5) is 0 Å². The lowest BCUT2D eigenvalue weighted by atomic mass is 9.86. The number of carbonyl (C=O) groups excluding carboxylic acids is 2. The monoisotopic (exact) mass is 316 g/mol. The first-order chi connectivity index (χ1) is 11.0. The first kappa shape index (κ1) is 17.5. The van der Waals surface area contributed by atoms with Gasteiger partial charge in [0.25, 0.3) is 5.91 Å². The maximum atomic E-state index is 12.3. The number of hydrogen-bond donors (Lipinski definition) is 1. The molecule has 0 aromatic heterocycles. The lowest BCUT2D eigenvalue weighted by Crippen LogP contribution is -2.40. The quantitative estimate of drug-likeness (QED) is 0.907. The summed E-state index contributed by atoms with van der Waals surface area (Å²) >= 11 is 0. The molecule has 1 aromatic carbocycles. The molecule has 0 atom stereocenters. The van der Waals surface area contributed by atoms with Gasteiger partial charge in [0.1, 0.15) is 0 Å². The van der Waals surface area contributed by atoms with Gasteiger partial charge in [-0.1, -0.05) is 25.1 Å². The molecule has 1 aliphatic rings. The summed E-state index contributed by atoms with van der Waals surface area (Å²) < 4.78 is 0. The lowest BCUT2D eigenvalue weighted by molar-refractivity contribution is -0.132. The third kappa shape index (κ3) is 4.81. The molecule has 126 valence electrons. The number of nitrogens with zero attached hydrogens (tertiary/aromatic N) is 1. The first-order valence-electron chi connectivity index (χ1n) is 8.58. The Kier molecular flexibility index (Phi) is 6.20. The Morgan fingerprint density at radius 3 is 2.48 bits per heavy atom. The number of amides is 2.